The van der Waals surface area contributed by atoms with Gasteiger partial charge in [0.15, 0.2) is 0 Å². The second-order valence-electron chi connectivity index (χ2n) is 6.05. The normalized spacial score (nSPS) is 25.4. The standard InChI is InChI=1S/C14H29N3/c1-12(2)17-10-8-16(9-11-17)7-6-15-13(3)14-4-5-14/h12-15H,4-11H2,1-3H3. The van der Waals surface area contributed by atoms with E-state index in [0.717, 1.165) is 12.0 Å². The molecule has 17 heavy (non-hydrogen) atoms. The summed E-state index contributed by atoms with van der Waals surface area (Å²) in [5.41, 5.74) is 0. The molecule has 0 amide bonds. The van der Waals surface area contributed by atoms with Gasteiger partial charge in [-0.15, -0.1) is 0 Å². The van der Waals surface area contributed by atoms with Crippen molar-refractivity contribution in [3.8, 4) is 0 Å². The second kappa shape index (κ2) is 6.17. The van der Waals surface area contributed by atoms with Crippen LogP contribution in [-0.2, 0) is 0 Å². The van der Waals surface area contributed by atoms with Gasteiger partial charge in [-0.3, -0.25) is 9.80 Å². The Labute approximate surface area is 107 Å². The van der Waals surface area contributed by atoms with Gasteiger partial charge in [0.25, 0.3) is 0 Å². The molecule has 1 heterocycles. The number of piperazine rings is 1. The lowest BCUT2D eigenvalue weighted by Gasteiger charge is -2.37. The van der Waals surface area contributed by atoms with Crippen molar-refractivity contribution in [2.24, 2.45) is 5.92 Å². The molecule has 2 fully saturated rings. The van der Waals surface area contributed by atoms with E-state index in [4.69, 9.17) is 0 Å². The smallest absolute Gasteiger partial charge is 0.0113 e. The highest BCUT2D eigenvalue weighted by Crippen LogP contribution is 2.32. The molecule has 0 radical (unpaired) electrons. The van der Waals surface area contributed by atoms with Gasteiger partial charge < -0.3 is 5.32 Å². The van der Waals surface area contributed by atoms with Crippen molar-refractivity contribution < 1.29 is 0 Å². The average Bonchev–Trinajstić information content (AvgIpc) is 3.13. The topological polar surface area (TPSA) is 18.5 Å². The molecule has 100 valence electrons. The van der Waals surface area contributed by atoms with Gasteiger partial charge in [-0.25, -0.2) is 0 Å². The van der Waals surface area contributed by atoms with Crippen LogP contribution in [0.5, 0.6) is 0 Å². The first-order valence-electron chi connectivity index (χ1n) is 7.36. The van der Waals surface area contributed by atoms with Crippen LogP contribution >= 0.6 is 0 Å². The van der Waals surface area contributed by atoms with Crippen LogP contribution in [0.2, 0.25) is 0 Å². The van der Waals surface area contributed by atoms with Gasteiger partial charge in [-0.05, 0) is 39.5 Å². The lowest BCUT2D eigenvalue weighted by Crippen LogP contribution is -2.50. The first-order chi connectivity index (χ1) is 8.16. The zero-order chi connectivity index (χ0) is 12.3. The van der Waals surface area contributed by atoms with E-state index >= 15 is 0 Å². The molecule has 1 aliphatic carbocycles. The Bertz CT molecular complexity index is 218. The molecule has 1 saturated heterocycles. The van der Waals surface area contributed by atoms with Crippen molar-refractivity contribution >= 4 is 0 Å². The molecule has 3 nitrogen and oxygen atoms in total. The van der Waals surface area contributed by atoms with Crippen molar-refractivity contribution in [3.05, 3.63) is 0 Å². The monoisotopic (exact) mass is 239 g/mol. The van der Waals surface area contributed by atoms with Gasteiger partial charge in [-0.1, -0.05) is 0 Å². The molecule has 1 N–H and O–H groups in total. The highest BCUT2D eigenvalue weighted by atomic mass is 15.3. The van der Waals surface area contributed by atoms with E-state index in [0.29, 0.717) is 6.04 Å². The van der Waals surface area contributed by atoms with Crippen molar-refractivity contribution in [3.63, 3.8) is 0 Å². The summed E-state index contributed by atoms with van der Waals surface area (Å²) in [5, 5.41) is 3.67. The largest absolute Gasteiger partial charge is 0.313 e. The summed E-state index contributed by atoms with van der Waals surface area (Å²) in [5.74, 6) is 0.979. The lowest BCUT2D eigenvalue weighted by atomic mass is 10.2. The molecule has 3 heteroatoms. The summed E-state index contributed by atoms with van der Waals surface area (Å²) >= 11 is 0. The van der Waals surface area contributed by atoms with E-state index in [-0.39, 0.29) is 0 Å². The second-order valence-corrected chi connectivity index (χ2v) is 6.05. The molecule has 2 rings (SSSR count). The fourth-order valence-corrected chi connectivity index (χ4v) is 2.72. The molecule has 0 bridgehead atoms. The number of rotatable bonds is 6. The van der Waals surface area contributed by atoms with Crippen LogP contribution in [-0.4, -0.2) is 61.2 Å². The van der Waals surface area contributed by atoms with Gasteiger partial charge in [0.2, 0.25) is 0 Å². The molecule has 2 aliphatic rings. The molecule has 1 aliphatic heterocycles. The predicted octanol–water partition coefficient (Wildman–Crippen LogP) is 1.40. The van der Waals surface area contributed by atoms with Crippen LogP contribution in [0.3, 0.4) is 0 Å². The van der Waals surface area contributed by atoms with Crippen molar-refractivity contribution in [1.82, 2.24) is 15.1 Å². The summed E-state index contributed by atoms with van der Waals surface area (Å²) in [6.07, 6.45) is 2.89. The van der Waals surface area contributed by atoms with Crippen molar-refractivity contribution in [1.29, 1.82) is 0 Å². The van der Waals surface area contributed by atoms with E-state index in [1.54, 1.807) is 0 Å². The Morgan fingerprint density at radius 2 is 1.71 bits per heavy atom. The van der Waals surface area contributed by atoms with Gasteiger partial charge >= 0.3 is 0 Å². The molecule has 0 aromatic rings. The zero-order valence-electron chi connectivity index (χ0n) is 11.8. The van der Waals surface area contributed by atoms with Crippen LogP contribution in [0.25, 0.3) is 0 Å². The molecule has 1 unspecified atom stereocenters. The average molecular weight is 239 g/mol. The third-order valence-electron chi connectivity index (χ3n) is 4.36. The number of nitrogens with zero attached hydrogens (tertiary/aromatic N) is 2. The summed E-state index contributed by atoms with van der Waals surface area (Å²) in [6.45, 7) is 14.3. The van der Waals surface area contributed by atoms with Crippen LogP contribution in [0, 0.1) is 5.92 Å². The molecule has 0 aromatic carbocycles. The first-order valence-corrected chi connectivity index (χ1v) is 7.36. The highest BCUT2D eigenvalue weighted by molar-refractivity contribution is 4.83. The Balaban J connectivity index is 1.55. The van der Waals surface area contributed by atoms with Gasteiger partial charge in [0.1, 0.15) is 0 Å². The SMILES string of the molecule is CC(NCCN1CCN(C(C)C)CC1)C1CC1. The molecule has 1 atom stereocenters. The fourth-order valence-electron chi connectivity index (χ4n) is 2.72. The minimum atomic E-state index is 0.713. The Hall–Kier alpha value is -0.120. The summed E-state index contributed by atoms with van der Waals surface area (Å²) in [6, 6.07) is 1.46. The zero-order valence-corrected chi connectivity index (χ0v) is 11.8. The maximum absolute atomic E-state index is 3.67. The van der Waals surface area contributed by atoms with E-state index in [9.17, 15) is 0 Å². The summed E-state index contributed by atoms with van der Waals surface area (Å²) < 4.78 is 0. The maximum atomic E-state index is 3.67. The van der Waals surface area contributed by atoms with Crippen molar-refractivity contribution in [2.45, 2.75) is 45.7 Å². The molecule has 0 aromatic heterocycles. The van der Waals surface area contributed by atoms with Crippen LogP contribution in [0.15, 0.2) is 0 Å². The molecular weight excluding hydrogens is 210 g/mol. The first kappa shape index (κ1) is 13.3. The number of hydrogen-bond donors (Lipinski definition) is 1. The number of hydrogen-bond acceptors (Lipinski definition) is 3. The van der Waals surface area contributed by atoms with E-state index in [2.05, 4.69) is 35.9 Å². The van der Waals surface area contributed by atoms with Gasteiger partial charge in [-0.2, -0.15) is 0 Å². The predicted molar refractivity (Wildman–Crippen MR) is 73.3 cm³/mol. The van der Waals surface area contributed by atoms with Gasteiger partial charge in [0.05, 0.1) is 0 Å². The van der Waals surface area contributed by atoms with E-state index in [1.165, 1.54) is 52.1 Å². The van der Waals surface area contributed by atoms with E-state index < -0.39 is 0 Å². The third-order valence-corrected chi connectivity index (χ3v) is 4.36. The minimum Gasteiger partial charge on any atom is -0.313 e. The lowest BCUT2D eigenvalue weighted by molar-refractivity contribution is 0.108. The Morgan fingerprint density at radius 3 is 2.24 bits per heavy atom. The highest BCUT2D eigenvalue weighted by Gasteiger charge is 2.27. The summed E-state index contributed by atoms with van der Waals surface area (Å²) in [4.78, 5) is 5.18. The molecular formula is C14H29N3. The Kier molecular flexibility index (Phi) is 4.83. The summed E-state index contributed by atoms with van der Waals surface area (Å²) in [7, 11) is 0. The minimum absolute atomic E-state index is 0.713. The van der Waals surface area contributed by atoms with Crippen molar-refractivity contribution in [2.75, 3.05) is 39.3 Å². The fraction of sp³-hybridized carbons (Fsp3) is 1.00. The number of nitrogens with one attached hydrogen (secondary N) is 1. The quantitative estimate of drug-likeness (QED) is 0.756. The van der Waals surface area contributed by atoms with Crippen LogP contribution < -0.4 is 5.32 Å². The molecule has 0 spiro atoms. The van der Waals surface area contributed by atoms with Crippen LogP contribution in [0.1, 0.15) is 33.6 Å². The maximum Gasteiger partial charge on any atom is 0.0113 e. The Morgan fingerprint density at radius 1 is 1.06 bits per heavy atom. The van der Waals surface area contributed by atoms with Crippen LogP contribution in [0.4, 0.5) is 0 Å². The van der Waals surface area contributed by atoms with E-state index in [1.807, 2.05) is 0 Å². The van der Waals surface area contributed by atoms with Gasteiger partial charge in [0, 0.05) is 51.4 Å². The molecule has 1 saturated carbocycles. The third kappa shape index (κ3) is 4.23.